The number of rotatable bonds is 4. The molecule has 0 atom stereocenters. The average Bonchev–Trinajstić information content (AvgIpc) is 3.35. The lowest BCUT2D eigenvalue weighted by molar-refractivity contribution is 0.103. The summed E-state index contributed by atoms with van der Waals surface area (Å²) in [4.78, 5) is 23.5. The normalized spacial score (nSPS) is 10.8. The van der Waals surface area contributed by atoms with Gasteiger partial charge in [-0.3, -0.25) is 4.79 Å². The van der Waals surface area contributed by atoms with E-state index in [1.165, 1.54) is 11.3 Å². The number of hydrogen-bond donors (Lipinski definition) is 1. The second kappa shape index (κ2) is 7.11. The third-order valence-corrected chi connectivity index (χ3v) is 6.74. The molecule has 0 saturated heterocycles. The van der Waals surface area contributed by atoms with Gasteiger partial charge in [-0.1, -0.05) is 18.2 Å². The number of anilines is 1. The first kappa shape index (κ1) is 17.1. The van der Waals surface area contributed by atoms with Gasteiger partial charge >= 0.3 is 0 Å². The fourth-order valence-electron chi connectivity index (χ4n) is 2.55. The summed E-state index contributed by atoms with van der Waals surface area (Å²) >= 11 is 4.67. The van der Waals surface area contributed by atoms with Crippen LogP contribution in [-0.2, 0) is 0 Å². The fourth-order valence-corrected chi connectivity index (χ4v) is 4.93. The second-order valence-electron chi connectivity index (χ2n) is 5.70. The van der Waals surface area contributed by atoms with Gasteiger partial charge in [-0.05, 0) is 37.4 Å². The lowest BCUT2D eigenvalue weighted by atomic mass is 10.1. The van der Waals surface area contributed by atoms with E-state index in [1.54, 1.807) is 22.7 Å². The molecule has 4 nitrogen and oxygen atoms in total. The maximum Gasteiger partial charge on any atom is 0.267 e. The third kappa shape index (κ3) is 3.46. The summed E-state index contributed by atoms with van der Waals surface area (Å²) < 4.78 is 0. The number of aryl methyl sites for hydroxylation is 2. The first-order valence-electron chi connectivity index (χ1n) is 7.95. The minimum absolute atomic E-state index is 0.130. The zero-order chi connectivity index (χ0) is 18.1. The second-order valence-corrected chi connectivity index (χ2v) is 8.71. The molecule has 0 aliphatic carbocycles. The zero-order valence-corrected chi connectivity index (χ0v) is 16.6. The van der Waals surface area contributed by atoms with E-state index in [2.05, 4.69) is 15.3 Å². The molecule has 1 N–H and O–H groups in total. The van der Waals surface area contributed by atoms with Crippen molar-refractivity contribution in [3.63, 3.8) is 0 Å². The number of benzene rings is 1. The van der Waals surface area contributed by atoms with Crippen LogP contribution in [0.25, 0.3) is 21.1 Å². The van der Waals surface area contributed by atoms with Gasteiger partial charge in [-0.15, -0.1) is 34.0 Å². The SMILES string of the molecule is Cc1nc(-c2cccc(NC(=O)c3sc(-c4cccs4)nc3C)c2)cs1. The fraction of sp³-hybridized carbons (Fsp3) is 0.105. The molecule has 3 aromatic heterocycles. The van der Waals surface area contributed by atoms with Crippen LogP contribution >= 0.6 is 34.0 Å². The van der Waals surface area contributed by atoms with E-state index < -0.39 is 0 Å². The van der Waals surface area contributed by atoms with Gasteiger partial charge in [0.2, 0.25) is 0 Å². The molecule has 0 saturated carbocycles. The van der Waals surface area contributed by atoms with Crippen molar-refractivity contribution in [1.29, 1.82) is 0 Å². The molecule has 4 rings (SSSR count). The number of thiazole rings is 2. The topological polar surface area (TPSA) is 54.9 Å². The number of carbonyl (C=O) groups excluding carboxylic acids is 1. The first-order chi connectivity index (χ1) is 12.6. The van der Waals surface area contributed by atoms with Gasteiger partial charge in [0.1, 0.15) is 9.88 Å². The van der Waals surface area contributed by atoms with Crippen molar-refractivity contribution in [3.05, 3.63) is 62.7 Å². The molecule has 1 aromatic carbocycles. The Labute approximate surface area is 163 Å². The van der Waals surface area contributed by atoms with E-state index in [0.29, 0.717) is 4.88 Å². The smallest absolute Gasteiger partial charge is 0.267 e. The lowest BCUT2D eigenvalue weighted by Crippen LogP contribution is -2.11. The Kier molecular flexibility index (Phi) is 4.67. The predicted octanol–water partition coefficient (Wildman–Crippen LogP) is 5.86. The van der Waals surface area contributed by atoms with Crippen LogP contribution in [0, 0.1) is 13.8 Å². The quantitative estimate of drug-likeness (QED) is 0.469. The van der Waals surface area contributed by atoms with E-state index in [-0.39, 0.29) is 5.91 Å². The Bertz CT molecular complexity index is 1060. The van der Waals surface area contributed by atoms with E-state index >= 15 is 0 Å². The molecular weight excluding hydrogens is 382 g/mol. The van der Waals surface area contributed by atoms with E-state index in [4.69, 9.17) is 0 Å². The Hall–Kier alpha value is -2.35. The molecule has 0 fully saturated rings. The number of nitrogens with zero attached hydrogens (tertiary/aromatic N) is 2. The Morgan fingerprint density at radius 3 is 2.69 bits per heavy atom. The maximum absolute atomic E-state index is 12.7. The van der Waals surface area contributed by atoms with Crippen LogP contribution in [0.2, 0.25) is 0 Å². The summed E-state index contributed by atoms with van der Waals surface area (Å²) in [5, 5.41) is 8.93. The number of amides is 1. The van der Waals surface area contributed by atoms with Crippen molar-refractivity contribution >= 4 is 45.6 Å². The van der Waals surface area contributed by atoms with Gasteiger partial charge in [-0.2, -0.15) is 0 Å². The highest BCUT2D eigenvalue weighted by Gasteiger charge is 2.17. The van der Waals surface area contributed by atoms with Crippen LogP contribution in [0.1, 0.15) is 20.4 Å². The summed E-state index contributed by atoms with van der Waals surface area (Å²) in [6, 6.07) is 11.8. The lowest BCUT2D eigenvalue weighted by Gasteiger charge is -2.06. The summed E-state index contributed by atoms with van der Waals surface area (Å²) in [5.74, 6) is -0.130. The summed E-state index contributed by atoms with van der Waals surface area (Å²) in [6.07, 6.45) is 0. The molecule has 26 heavy (non-hydrogen) atoms. The van der Waals surface area contributed by atoms with Crippen LogP contribution in [-0.4, -0.2) is 15.9 Å². The number of thiophene rings is 1. The van der Waals surface area contributed by atoms with Crippen molar-refractivity contribution in [1.82, 2.24) is 9.97 Å². The molecule has 130 valence electrons. The van der Waals surface area contributed by atoms with Crippen molar-refractivity contribution in [2.75, 3.05) is 5.32 Å². The highest BCUT2D eigenvalue weighted by molar-refractivity contribution is 7.22. The predicted molar refractivity (Wildman–Crippen MR) is 110 cm³/mol. The van der Waals surface area contributed by atoms with Gasteiger partial charge in [-0.25, -0.2) is 9.97 Å². The molecular formula is C19H15N3OS3. The largest absolute Gasteiger partial charge is 0.321 e. The molecule has 7 heteroatoms. The van der Waals surface area contributed by atoms with Crippen molar-refractivity contribution < 1.29 is 4.79 Å². The standard InChI is InChI=1S/C19H15N3OS3/c1-11-17(26-19(20-11)16-7-4-8-24-16)18(23)22-14-6-3-5-13(9-14)15-10-25-12(2)21-15/h3-10H,1-2H3,(H,22,23). The van der Waals surface area contributed by atoms with Gasteiger partial charge < -0.3 is 5.32 Å². The monoisotopic (exact) mass is 397 g/mol. The molecule has 0 unspecified atom stereocenters. The average molecular weight is 398 g/mol. The number of hydrogen-bond acceptors (Lipinski definition) is 6. The molecule has 0 aliphatic rings. The Morgan fingerprint density at radius 1 is 1.08 bits per heavy atom. The van der Waals surface area contributed by atoms with Crippen LogP contribution in [0.15, 0.2) is 47.2 Å². The van der Waals surface area contributed by atoms with Crippen LogP contribution < -0.4 is 5.32 Å². The highest BCUT2D eigenvalue weighted by Crippen LogP contribution is 2.32. The molecule has 1 amide bonds. The first-order valence-corrected chi connectivity index (χ1v) is 10.5. The minimum Gasteiger partial charge on any atom is -0.321 e. The summed E-state index contributed by atoms with van der Waals surface area (Å²) in [5.41, 5.74) is 3.43. The molecule has 0 bridgehead atoms. The number of nitrogens with one attached hydrogen (secondary N) is 1. The highest BCUT2D eigenvalue weighted by atomic mass is 32.1. The molecule has 4 aromatic rings. The van der Waals surface area contributed by atoms with Crippen LogP contribution in [0.5, 0.6) is 0 Å². The molecule has 0 spiro atoms. The van der Waals surface area contributed by atoms with Crippen LogP contribution in [0.4, 0.5) is 5.69 Å². The van der Waals surface area contributed by atoms with Gasteiger partial charge in [0, 0.05) is 16.6 Å². The summed E-state index contributed by atoms with van der Waals surface area (Å²) in [7, 11) is 0. The molecule has 0 aliphatic heterocycles. The van der Waals surface area contributed by atoms with E-state index in [1.807, 2.05) is 61.0 Å². The Morgan fingerprint density at radius 2 is 1.96 bits per heavy atom. The molecule has 3 heterocycles. The van der Waals surface area contributed by atoms with Crippen LogP contribution in [0.3, 0.4) is 0 Å². The zero-order valence-electron chi connectivity index (χ0n) is 14.1. The van der Waals surface area contributed by atoms with E-state index in [0.717, 1.165) is 37.5 Å². The summed E-state index contributed by atoms with van der Waals surface area (Å²) in [6.45, 7) is 3.86. The Balaban J connectivity index is 1.57. The van der Waals surface area contributed by atoms with Gasteiger partial charge in [0.15, 0.2) is 0 Å². The van der Waals surface area contributed by atoms with Crippen molar-refractivity contribution in [2.24, 2.45) is 0 Å². The number of carbonyl (C=O) groups is 1. The number of aromatic nitrogens is 2. The third-order valence-electron chi connectivity index (χ3n) is 3.77. The maximum atomic E-state index is 12.7. The minimum atomic E-state index is -0.130. The van der Waals surface area contributed by atoms with Crippen molar-refractivity contribution in [2.45, 2.75) is 13.8 Å². The molecule has 0 radical (unpaired) electrons. The van der Waals surface area contributed by atoms with Gasteiger partial charge in [0.25, 0.3) is 5.91 Å². The van der Waals surface area contributed by atoms with Gasteiger partial charge in [0.05, 0.1) is 21.3 Å². The van der Waals surface area contributed by atoms with Crippen molar-refractivity contribution in [3.8, 4) is 21.1 Å². The van der Waals surface area contributed by atoms with E-state index in [9.17, 15) is 4.79 Å².